The van der Waals surface area contributed by atoms with Crippen molar-refractivity contribution in [3.63, 3.8) is 0 Å². The zero-order valence-corrected chi connectivity index (χ0v) is 14.6. The Hall–Kier alpha value is -2.21. The summed E-state index contributed by atoms with van der Waals surface area (Å²) in [4.78, 5) is 0. The van der Waals surface area contributed by atoms with Gasteiger partial charge in [-0.3, -0.25) is 4.72 Å². The zero-order valence-electron chi connectivity index (χ0n) is 13.8. The first-order valence-corrected chi connectivity index (χ1v) is 9.16. The third kappa shape index (κ3) is 4.89. The highest BCUT2D eigenvalue weighted by Crippen LogP contribution is 2.29. The van der Waals surface area contributed by atoms with Gasteiger partial charge in [-0.15, -0.1) is 0 Å². The van der Waals surface area contributed by atoms with E-state index < -0.39 is 10.0 Å². The third-order valence-corrected chi connectivity index (χ3v) is 4.05. The van der Waals surface area contributed by atoms with E-state index in [9.17, 15) is 8.42 Å². The maximum atomic E-state index is 11.2. The number of sulfonamides is 1. The van der Waals surface area contributed by atoms with Crippen LogP contribution in [0.2, 0.25) is 0 Å². The average Bonchev–Trinajstić information content (AvgIpc) is 2.48. The minimum atomic E-state index is -3.25. The maximum absolute atomic E-state index is 11.2. The summed E-state index contributed by atoms with van der Waals surface area (Å²) in [5, 5.41) is 3.41. The molecule has 2 N–H and O–H groups in total. The SMILES string of the molecule is COc1cc(C)ccc1N[C@@H](C)c1ccc(NS(C)(=O)=O)cc1. The maximum Gasteiger partial charge on any atom is 0.229 e. The van der Waals surface area contributed by atoms with Crippen LogP contribution in [0.4, 0.5) is 11.4 Å². The first-order chi connectivity index (χ1) is 10.8. The largest absolute Gasteiger partial charge is 0.495 e. The Bertz CT molecular complexity index is 771. The molecule has 0 aromatic heterocycles. The molecule has 0 spiro atoms. The molecular weight excluding hydrogens is 312 g/mol. The van der Waals surface area contributed by atoms with Crippen molar-refractivity contribution in [1.29, 1.82) is 0 Å². The van der Waals surface area contributed by atoms with Gasteiger partial charge in [0.2, 0.25) is 10.0 Å². The Morgan fingerprint density at radius 1 is 1.09 bits per heavy atom. The van der Waals surface area contributed by atoms with E-state index in [2.05, 4.69) is 10.0 Å². The molecule has 5 nitrogen and oxygen atoms in total. The summed E-state index contributed by atoms with van der Waals surface area (Å²) < 4.78 is 30.3. The number of anilines is 2. The van der Waals surface area contributed by atoms with Crippen LogP contribution < -0.4 is 14.8 Å². The highest BCUT2D eigenvalue weighted by atomic mass is 32.2. The third-order valence-electron chi connectivity index (χ3n) is 3.44. The summed E-state index contributed by atoms with van der Waals surface area (Å²) in [7, 11) is -1.60. The number of rotatable bonds is 6. The number of hydrogen-bond acceptors (Lipinski definition) is 4. The quantitative estimate of drug-likeness (QED) is 0.848. The van der Waals surface area contributed by atoms with Crippen molar-refractivity contribution < 1.29 is 13.2 Å². The molecule has 0 aliphatic heterocycles. The highest BCUT2D eigenvalue weighted by Gasteiger charge is 2.10. The molecule has 6 heteroatoms. The molecule has 0 aliphatic rings. The molecule has 2 rings (SSSR count). The Kier molecular flexibility index (Phi) is 5.15. The second-order valence-corrected chi connectivity index (χ2v) is 7.31. The topological polar surface area (TPSA) is 67.4 Å². The van der Waals surface area contributed by atoms with Crippen molar-refractivity contribution in [2.75, 3.05) is 23.4 Å². The highest BCUT2D eigenvalue weighted by molar-refractivity contribution is 7.92. The minimum absolute atomic E-state index is 0.0545. The van der Waals surface area contributed by atoms with Gasteiger partial charge in [0, 0.05) is 11.7 Å². The molecule has 23 heavy (non-hydrogen) atoms. The molecular formula is C17H22N2O3S. The van der Waals surface area contributed by atoms with Crippen molar-refractivity contribution in [3.05, 3.63) is 53.6 Å². The van der Waals surface area contributed by atoms with E-state index in [1.165, 1.54) is 0 Å². The van der Waals surface area contributed by atoms with E-state index in [1.807, 2.05) is 44.2 Å². The van der Waals surface area contributed by atoms with Crippen LogP contribution in [0, 0.1) is 6.92 Å². The molecule has 0 saturated heterocycles. The molecule has 2 aromatic rings. The monoisotopic (exact) mass is 334 g/mol. The number of ether oxygens (including phenoxy) is 1. The van der Waals surface area contributed by atoms with Crippen molar-refractivity contribution in [1.82, 2.24) is 0 Å². The normalized spacial score (nSPS) is 12.5. The van der Waals surface area contributed by atoms with E-state index in [1.54, 1.807) is 19.2 Å². The number of nitrogens with one attached hydrogen (secondary N) is 2. The van der Waals surface area contributed by atoms with Crippen LogP contribution in [0.15, 0.2) is 42.5 Å². The molecule has 0 unspecified atom stereocenters. The standard InChI is InChI=1S/C17H22N2O3S/c1-12-5-10-16(17(11-12)22-3)18-13(2)14-6-8-15(9-7-14)19-23(4,20)21/h5-11,13,18-19H,1-4H3/t13-/m0/s1. The van der Waals surface area contributed by atoms with Crippen LogP contribution in [0.25, 0.3) is 0 Å². The smallest absolute Gasteiger partial charge is 0.229 e. The van der Waals surface area contributed by atoms with Crippen LogP contribution in [0.3, 0.4) is 0 Å². The lowest BCUT2D eigenvalue weighted by atomic mass is 10.1. The number of benzene rings is 2. The van der Waals surface area contributed by atoms with Gasteiger partial charge in [0.05, 0.1) is 19.1 Å². The lowest BCUT2D eigenvalue weighted by Gasteiger charge is -2.18. The Morgan fingerprint density at radius 2 is 1.74 bits per heavy atom. The first kappa shape index (κ1) is 17.1. The summed E-state index contributed by atoms with van der Waals surface area (Å²) in [6, 6.07) is 13.3. The molecule has 124 valence electrons. The fourth-order valence-corrected chi connectivity index (χ4v) is 2.85. The molecule has 0 radical (unpaired) electrons. The van der Waals surface area contributed by atoms with Gasteiger partial charge < -0.3 is 10.1 Å². The molecule has 2 aromatic carbocycles. The predicted octanol–water partition coefficient (Wildman–Crippen LogP) is 3.55. The predicted molar refractivity (Wildman–Crippen MR) is 94.7 cm³/mol. The van der Waals surface area contributed by atoms with Crippen LogP contribution in [0.5, 0.6) is 5.75 Å². The molecule has 0 fully saturated rings. The van der Waals surface area contributed by atoms with Crippen LogP contribution in [-0.2, 0) is 10.0 Å². The first-order valence-electron chi connectivity index (χ1n) is 7.27. The molecule has 0 aliphatic carbocycles. The van der Waals surface area contributed by atoms with Crippen LogP contribution in [-0.4, -0.2) is 21.8 Å². The van der Waals surface area contributed by atoms with Crippen LogP contribution in [0.1, 0.15) is 24.1 Å². The summed E-state index contributed by atoms with van der Waals surface area (Å²) in [5.41, 5.74) is 3.66. The van der Waals surface area contributed by atoms with Gasteiger partial charge in [0.1, 0.15) is 5.75 Å². The summed E-state index contributed by atoms with van der Waals surface area (Å²) in [5.74, 6) is 0.798. The van der Waals surface area contributed by atoms with Crippen molar-refractivity contribution in [3.8, 4) is 5.75 Å². The van der Waals surface area contributed by atoms with E-state index >= 15 is 0 Å². The van der Waals surface area contributed by atoms with Crippen LogP contribution >= 0.6 is 0 Å². The number of methoxy groups -OCH3 is 1. The van der Waals surface area contributed by atoms with Crippen molar-refractivity contribution in [2.45, 2.75) is 19.9 Å². The van der Waals surface area contributed by atoms with E-state index in [0.717, 1.165) is 28.8 Å². The van der Waals surface area contributed by atoms with Crippen molar-refractivity contribution in [2.24, 2.45) is 0 Å². The van der Waals surface area contributed by atoms with Gasteiger partial charge in [0.25, 0.3) is 0 Å². The van der Waals surface area contributed by atoms with E-state index in [0.29, 0.717) is 5.69 Å². The average molecular weight is 334 g/mol. The number of aryl methyl sites for hydroxylation is 1. The lowest BCUT2D eigenvalue weighted by molar-refractivity contribution is 0.416. The van der Waals surface area contributed by atoms with Gasteiger partial charge in [-0.1, -0.05) is 18.2 Å². The second kappa shape index (κ2) is 6.91. The summed E-state index contributed by atoms with van der Waals surface area (Å²) >= 11 is 0. The van der Waals surface area contributed by atoms with Gasteiger partial charge in [-0.05, 0) is 49.2 Å². The zero-order chi connectivity index (χ0) is 17.0. The molecule has 0 amide bonds. The molecule has 1 atom stereocenters. The lowest BCUT2D eigenvalue weighted by Crippen LogP contribution is -2.10. The fraction of sp³-hybridized carbons (Fsp3) is 0.294. The van der Waals surface area contributed by atoms with E-state index in [4.69, 9.17) is 4.74 Å². The van der Waals surface area contributed by atoms with Gasteiger partial charge in [0.15, 0.2) is 0 Å². The minimum Gasteiger partial charge on any atom is -0.495 e. The Morgan fingerprint density at radius 3 is 2.30 bits per heavy atom. The van der Waals surface area contributed by atoms with Gasteiger partial charge in [-0.2, -0.15) is 0 Å². The van der Waals surface area contributed by atoms with E-state index in [-0.39, 0.29) is 6.04 Å². The number of hydrogen-bond donors (Lipinski definition) is 2. The fourth-order valence-electron chi connectivity index (χ4n) is 2.29. The Labute approximate surface area is 137 Å². The molecule has 0 heterocycles. The van der Waals surface area contributed by atoms with Gasteiger partial charge in [-0.25, -0.2) is 8.42 Å². The molecule has 0 bridgehead atoms. The molecule has 0 saturated carbocycles. The Balaban J connectivity index is 2.13. The van der Waals surface area contributed by atoms with Crippen molar-refractivity contribution >= 4 is 21.4 Å². The van der Waals surface area contributed by atoms with Gasteiger partial charge >= 0.3 is 0 Å². The second-order valence-electron chi connectivity index (χ2n) is 5.57. The summed E-state index contributed by atoms with van der Waals surface area (Å²) in [6.45, 7) is 4.06. The summed E-state index contributed by atoms with van der Waals surface area (Å²) in [6.07, 6.45) is 1.13.